The van der Waals surface area contributed by atoms with Crippen molar-refractivity contribution in [3.05, 3.63) is 30.3 Å². The molecule has 0 amide bonds. The van der Waals surface area contributed by atoms with E-state index >= 15 is 0 Å². The van der Waals surface area contributed by atoms with Gasteiger partial charge >= 0.3 is 0 Å². The second-order valence-electron chi connectivity index (χ2n) is 3.94. The molecule has 1 fully saturated rings. The van der Waals surface area contributed by atoms with Crippen LogP contribution in [0, 0.1) is 0 Å². The van der Waals surface area contributed by atoms with E-state index in [2.05, 4.69) is 5.32 Å². The van der Waals surface area contributed by atoms with Crippen molar-refractivity contribution in [3.8, 4) is 0 Å². The molecule has 1 N–H and O–H groups in total. The molecule has 0 bridgehead atoms. The number of hydrogen-bond acceptors (Lipinski definition) is 3. The highest BCUT2D eigenvalue weighted by Gasteiger charge is 2.23. The number of nitrogens with one attached hydrogen (secondary N) is 1. The standard InChI is InChI=1S/C11H15NO2S.ClH/c13-15(14)8-6-11(7-9-15)12-10-4-2-1-3-5-10;/h1-5,11-12H,6-9H2;1H. The highest BCUT2D eigenvalue weighted by Crippen LogP contribution is 2.17. The van der Waals surface area contributed by atoms with E-state index in [4.69, 9.17) is 0 Å². The van der Waals surface area contributed by atoms with E-state index < -0.39 is 9.84 Å². The second-order valence-corrected chi connectivity index (χ2v) is 6.24. The first-order valence-electron chi connectivity index (χ1n) is 5.18. The van der Waals surface area contributed by atoms with Crippen LogP contribution in [0.2, 0.25) is 0 Å². The van der Waals surface area contributed by atoms with Crippen LogP contribution in [0.4, 0.5) is 5.69 Å². The number of halogens is 1. The van der Waals surface area contributed by atoms with E-state index in [1.54, 1.807) is 0 Å². The average Bonchev–Trinajstić information content (AvgIpc) is 2.23. The van der Waals surface area contributed by atoms with Crippen molar-refractivity contribution >= 4 is 27.9 Å². The summed E-state index contributed by atoms with van der Waals surface area (Å²) >= 11 is 0. The summed E-state index contributed by atoms with van der Waals surface area (Å²) in [7, 11) is -2.75. The van der Waals surface area contributed by atoms with Crippen molar-refractivity contribution in [3.63, 3.8) is 0 Å². The minimum Gasteiger partial charge on any atom is -0.382 e. The van der Waals surface area contributed by atoms with E-state index in [0.29, 0.717) is 17.5 Å². The van der Waals surface area contributed by atoms with Crippen molar-refractivity contribution in [2.45, 2.75) is 18.9 Å². The van der Waals surface area contributed by atoms with Gasteiger partial charge < -0.3 is 5.32 Å². The number of sulfone groups is 1. The van der Waals surface area contributed by atoms with Crippen LogP contribution in [-0.4, -0.2) is 26.0 Å². The Labute approximate surface area is 103 Å². The molecule has 0 aliphatic carbocycles. The summed E-state index contributed by atoms with van der Waals surface area (Å²) in [6.07, 6.45) is 1.44. The van der Waals surface area contributed by atoms with Gasteiger partial charge in [0.15, 0.2) is 0 Å². The van der Waals surface area contributed by atoms with Crippen molar-refractivity contribution < 1.29 is 8.42 Å². The number of anilines is 1. The normalized spacial score (nSPS) is 19.8. The summed E-state index contributed by atoms with van der Waals surface area (Å²) < 4.78 is 22.4. The third kappa shape index (κ3) is 3.68. The van der Waals surface area contributed by atoms with E-state index in [0.717, 1.165) is 18.5 Å². The number of para-hydroxylation sites is 1. The molecule has 3 nitrogen and oxygen atoms in total. The molecule has 16 heavy (non-hydrogen) atoms. The molecular weight excluding hydrogens is 246 g/mol. The van der Waals surface area contributed by atoms with Gasteiger partial charge in [-0.3, -0.25) is 0 Å². The van der Waals surface area contributed by atoms with Crippen LogP contribution in [0.1, 0.15) is 12.8 Å². The minimum absolute atomic E-state index is 0. The molecule has 0 aromatic heterocycles. The van der Waals surface area contributed by atoms with Crippen molar-refractivity contribution in [2.24, 2.45) is 0 Å². The molecule has 1 aromatic rings. The molecule has 1 aliphatic rings. The van der Waals surface area contributed by atoms with Crippen LogP contribution in [0.3, 0.4) is 0 Å². The molecule has 1 saturated heterocycles. The summed E-state index contributed by atoms with van der Waals surface area (Å²) in [6.45, 7) is 0. The first-order valence-corrected chi connectivity index (χ1v) is 7.00. The molecule has 0 saturated carbocycles. The highest BCUT2D eigenvalue weighted by atomic mass is 35.5. The Hall–Kier alpha value is -0.740. The fourth-order valence-electron chi connectivity index (χ4n) is 1.80. The Morgan fingerprint density at radius 1 is 1.06 bits per heavy atom. The maximum absolute atomic E-state index is 11.2. The molecule has 0 unspecified atom stereocenters. The third-order valence-corrected chi connectivity index (χ3v) is 4.41. The van der Waals surface area contributed by atoms with E-state index in [-0.39, 0.29) is 12.4 Å². The Bertz CT molecular complexity index is 405. The molecule has 1 aliphatic heterocycles. The first-order chi connectivity index (χ1) is 7.16. The van der Waals surface area contributed by atoms with Crippen LogP contribution < -0.4 is 5.32 Å². The Morgan fingerprint density at radius 3 is 2.19 bits per heavy atom. The number of hydrogen-bond donors (Lipinski definition) is 1. The van der Waals surface area contributed by atoms with Gasteiger partial charge in [0.2, 0.25) is 0 Å². The van der Waals surface area contributed by atoms with Gasteiger partial charge in [-0.1, -0.05) is 18.2 Å². The minimum atomic E-state index is -2.75. The van der Waals surface area contributed by atoms with Gasteiger partial charge in [-0.15, -0.1) is 12.4 Å². The lowest BCUT2D eigenvalue weighted by Gasteiger charge is -2.23. The third-order valence-electron chi connectivity index (χ3n) is 2.70. The molecule has 1 aromatic carbocycles. The van der Waals surface area contributed by atoms with Crippen LogP contribution in [0.5, 0.6) is 0 Å². The zero-order valence-corrected chi connectivity index (χ0v) is 10.6. The largest absolute Gasteiger partial charge is 0.382 e. The maximum Gasteiger partial charge on any atom is 0.150 e. The van der Waals surface area contributed by atoms with Crippen molar-refractivity contribution in [1.29, 1.82) is 0 Å². The summed E-state index contributed by atoms with van der Waals surface area (Å²) in [5, 5.41) is 3.35. The summed E-state index contributed by atoms with van der Waals surface area (Å²) in [5.74, 6) is 0.634. The van der Waals surface area contributed by atoms with E-state index in [1.807, 2.05) is 30.3 Å². The van der Waals surface area contributed by atoms with E-state index in [1.165, 1.54) is 0 Å². The fourth-order valence-corrected chi connectivity index (χ4v) is 3.30. The quantitative estimate of drug-likeness (QED) is 0.887. The molecule has 5 heteroatoms. The van der Waals surface area contributed by atoms with Crippen LogP contribution >= 0.6 is 12.4 Å². The van der Waals surface area contributed by atoms with Crippen molar-refractivity contribution in [1.82, 2.24) is 0 Å². The van der Waals surface area contributed by atoms with Gasteiger partial charge in [-0.05, 0) is 25.0 Å². The molecule has 0 atom stereocenters. The summed E-state index contributed by atoms with van der Waals surface area (Å²) in [6, 6.07) is 10.2. The van der Waals surface area contributed by atoms with Crippen LogP contribution in [0.25, 0.3) is 0 Å². The topological polar surface area (TPSA) is 46.2 Å². The predicted molar refractivity (Wildman–Crippen MR) is 69.0 cm³/mol. The predicted octanol–water partition coefficient (Wildman–Crippen LogP) is 2.10. The maximum atomic E-state index is 11.2. The first kappa shape index (κ1) is 13.3. The monoisotopic (exact) mass is 261 g/mol. The smallest absolute Gasteiger partial charge is 0.150 e. The zero-order chi connectivity index (χ0) is 10.7. The van der Waals surface area contributed by atoms with Gasteiger partial charge in [0.1, 0.15) is 9.84 Å². The van der Waals surface area contributed by atoms with Gasteiger partial charge in [0, 0.05) is 11.7 Å². The molecule has 1 heterocycles. The summed E-state index contributed by atoms with van der Waals surface area (Å²) in [4.78, 5) is 0. The number of rotatable bonds is 2. The van der Waals surface area contributed by atoms with Gasteiger partial charge in [-0.25, -0.2) is 8.42 Å². The van der Waals surface area contributed by atoms with E-state index in [9.17, 15) is 8.42 Å². The van der Waals surface area contributed by atoms with Gasteiger partial charge in [-0.2, -0.15) is 0 Å². The number of benzene rings is 1. The molecule has 0 radical (unpaired) electrons. The second kappa shape index (κ2) is 5.55. The lowest BCUT2D eigenvalue weighted by atomic mass is 10.1. The highest BCUT2D eigenvalue weighted by molar-refractivity contribution is 7.91. The average molecular weight is 262 g/mol. The van der Waals surface area contributed by atoms with Gasteiger partial charge in [0.25, 0.3) is 0 Å². The SMILES string of the molecule is Cl.O=S1(=O)CCC(Nc2ccccc2)CC1. The Morgan fingerprint density at radius 2 is 1.62 bits per heavy atom. The lowest BCUT2D eigenvalue weighted by molar-refractivity contribution is 0.559. The van der Waals surface area contributed by atoms with Crippen LogP contribution in [-0.2, 0) is 9.84 Å². The molecular formula is C11H16ClNO2S. The molecule has 0 spiro atoms. The summed E-state index contributed by atoms with van der Waals surface area (Å²) in [5.41, 5.74) is 1.07. The van der Waals surface area contributed by atoms with Gasteiger partial charge in [0.05, 0.1) is 11.5 Å². The Balaban J connectivity index is 0.00000128. The lowest BCUT2D eigenvalue weighted by Crippen LogP contribution is -2.32. The van der Waals surface area contributed by atoms with Crippen molar-refractivity contribution in [2.75, 3.05) is 16.8 Å². The molecule has 90 valence electrons. The zero-order valence-electron chi connectivity index (χ0n) is 8.93. The molecule has 2 rings (SSSR count). The Kier molecular flexibility index (Phi) is 4.62. The fraction of sp³-hybridized carbons (Fsp3) is 0.455. The van der Waals surface area contributed by atoms with Crippen LogP contribution in [0.15, 0.2) is 30.3 Å².